The Morgan fingerprint density at radius 2 is 2.06 bits per heavy atom. The molecule has 0 heterocycles. The van der Waals surface area contributed by atoms with Gasteiger partial charge in [0.05, 0.1) is 6.61 Å². The molecule has 1 N–H and O–H groups in total. The van der Waals surface area contributed by atoms with Gasteiger partial charge in [-0.3, -0.25) is 0 Å². The zero-order chi connectivity index (χ0) is 12.3. The van der Waals surface area contributed by atoms with Gasteiger partial charge < -0.3 is 10.0 Å². The van der Waals surface area contributed by atoms with Crippen molar-refractivity contribution < 1.29 is 5.11 Å². The molecule has 0 spiro atoms. The van der Waals surface area contributed by atoms with E-state index >= 15 is 0 Å². The highest BCUT2D eigenvalue weighted by atomic mass is 79.9. The minimum atomic E-state index is 0.117. The molecule has 0 bridgehead atoms. The van der Waals surface area contributed by atoms with Crippen LogP contribution < -0.4 is 4.90 Å². The maximum absolute atomic E-state index is 9.45. The summed E-state index contributed by atoms with van der Waals surface area (Å²) in [5, 5.41) is 9.45. The molecular formula is C14H20BrNO. The SMILES string of the molecule is CCN(c1cc(Br)ccc1CO)C1CCCC1. The van der Waals surface area contributed by atoms with E-state index in [4.69, 9.17) is 0 Å². The van der Waals surface area contributed by atoms with Crippen molar-refractivity contribution in [2.75, 3.05) is 11.4 Å². The zero-order valence-electron chi connectivity index (χ0n) is 10.3. The largest absolute Gasteiger partial charge is 0.392 e. The molecule has 0 atom stereocenters. The molecule has 94 valence electrons. The van der Waals surface area contributed by atoms with E-state index in [1.54, 1.807) is 0 Å². The summed E-state index contributed by atoms with van der Waals surface area (Å²) in [6, 6.07) is 6.79. The molecule has 3 heteroatoms. The number of hydrogen-bond acceptors (Lipinski definition) is 2. The molecule has 0 unspecified atom stereocenters. The Morgan fingerprint density at radius 1 is 1.35 bits per heavy atom. The molecule has 0 aliphatic heterocycles. The number of anilines is 1. The van der Waals surface area contributed by atoms with Crippen LogP contribution in [0.25, 0.3) is 0 Å². The summed E-state index contributed by atoms with van der Waals surface area (Å²) in [5.41, 5.74) is 2.22. The lowest BCUT2D eigenvalue weighted by atomic mass is 10.1. The predicted octanol–water partition coefficient (Wildman–Crippen LogP) is 3.71. The van der Waals surface area contributed by atoms with E-state index in [0.717, 1.165) is 16.6 Å². The molecule has 1 saturated carbocycles. The number of benzene rings is 1. The Bertz CT molecular complexity index is 374. The molecule has 0 saturated heterocycles. The first-order valence-corrected chi connectivity index (χ1v) is 7.21. The minimum Gasteiger partial charge on any atom is -0.392 e. The van der Waals surface area contributed by atoms with Crippen LogP contribution in [0.15, 0.2) is 22.7 Å². The Balaban J connectivity index is 2.31. The van der Waals surface area contributed by atoms with Crippen molar-refractivity contribution in [2.45, 2.75) is 45.3 Å². The fourth-order valence-corrected chi connectivity index (χ4v) is 3.13. The zero-order valence-corrected chi connectivity index (χ0v) is 11.9. The number of rotatable bonds is 4. The van der Waals surface area contributed by atoms with Crippen LogP contribution in [-0.4, -0.2) is 17.7 Å². The van der Waals surface area contributed by atoms with Gasteiger partial charge in [-0.1, -0.05) is 34.8 Å². The quantitative estimate of drug-likeness (QED) is 0.916. The van der Waals surface area contributed by atoms with E-state index in [9.17, 15) is 5.11 Å². The third-order valence-corrected chi connectivity index (χ3v) is 4.13. The molecular weight excluding hydrogens is 278 g/mol. The predicted molar refractivity (Wildman–Crippen MR) is 75.3 cm³/mol. The summed E-state index contributed by atoms with van der Waals surface area (Å²) in [5.74, 6) is 0. The number of hydrogen-bond donors (Lipinski definition) is 1. The highest BCUT2D eigenvalue weighted by molar-refractivity contribution is 9.10. The van der Waals surface area contributed by atoms with Crippen LogP contribution in [0.5, 0.6) is 0 Å². The highest BCUT2D eigenvalue weighted by Crippen LogP contribution is 2.32. The summed E-state index contributed by atoms with van der Waals surface area (Å²) in [6.45, 7) is 3.32. The van der Waals surface area contributed by atoms with Gasteiger partial charge in [0, 0.05) is 28.3 Å². The summed E-state index contributed by atoms with van der Waals surface area (Å²) < 4.78 is 1.08. The van der Waals surface area contributed by atoms with E-state index < -0.39 is 0 Å². The van der Waals surface area contributed by atoms with Crippen molar-refractivity contribution >= 4 is 21.6 Å². The first-order chi connectivity index (χ1) is 8.26. The molecule has 1 aliphatic rings. The molecule has 0 amide bonds. The number of aliphatic hydroxyl groups excluding tert-OH is 1. The van der Waals surface area contributed by atoms with Crippen LogP contribution in [-0.2, 0) is 6.61 Å². The van der Waals surface area contributed by atoms with E-state index in [1.165, 1.54) is 31.4 Å². The van der Waals surface area contributed by atoms with Crippen molar-refractivity contribution in [3.8, 4) is 0 Å². The van der Waals surface area contributed by atoms with E-state index in [1.807, 2.05) is 12.1 Å². The lowest BCUT2D eigenvalue weighted by Gasteiger charge is -2.31. The standard InChI is InChI=1S/C14H20BrNO/c1-2-16(13-5-3-4-6-13)14-9-12(15)8-7-11(14)10-17/h7-9,13,17H,2-6,10H2,1H3. The van der Waals surface area contributed by atoms with Crippen LogP contribution in [0.1, 0.15) is 38.2 Å². The van der Waals surface area contributed by atoms with Gasteiger partial charge in [-0.05, 0) is 31.9 Å². The van der Waals surface area contributed by atoms with E-state index in [0.29, 0.717) is 6.04 Å². The smallest absolute Gasteiger partial charge is 0.0702 e. The lowest BCUT2D eigenvalue weighted by Crippen LogP contribution is -2.33. The summed E-state index contributed by atoms with van der Waals surface area (Å²) in [4.78, 5) is 2.45. The third-order valence-electron chi connectivity index (χ3n) is 3.63. The molecule has 2 nitrogen and oxygen atoms in total. The molecule has 0 radical (unpaired) electrons. The van der Waals surface area contributed by atoms with Crippen molar-refractivity contribution in [1.29, 1.82) is 0 Å². The topological polar surface area (TPSA) is 23.5 Å². The maximum Gasteiger partial charge on any atom is 0.0702 e. The number of halogens is 1. The minimum absolute atomic E-state index is 0.117. The van der Waals surface area contributed by atoms with Crippen LogP contribution in [0.3, 0.4) is 0 Å². The summed E-state index contributed by atoms with van der Waals surface area (Å²) >= 11 is 3.52. The van der Waals surface area contributed by atoms with Crippen LogP contribution >= 0.6 is 15.9 Å². The van der Waals surface area contributed by atoms with Gasteiger partial charge in [0.2, 0.25) is 0 Å². The number of aliphatic hydroxyl groups is 1. The molecule has 1 aliphatic carbocycles. The van der Waals surface area contributed by atoms with Crippen LogP contribution in [0.4, 0.5) is 5.69 Å². The normalized spacial score (nSPS) is 16.4. The van der Waals surface area contributed by atoms with Gasteiger partial charge in [0.1, 0.15) is 0 Å². The lowest BCUT2D eigenvalue weighted by molar-refractivity contribution is 0.282. The van der Waals surface area contributed by atoms with Crippen molar-refractivity contribution in [1.82, 2.24) is 0 Å². The first kappa shape index (κ1) is 12.9. The van der Waals surface area contributed by atoms with Crippen molar-refractivity contribution in [2.24, 2.45) is 0 Å². The Kier molecular flexibility index (Phi) is 4.46. The Hall–Kier alpha value is -0.540. The average molecular weight is 298 g/mol. The second-order valence-electron chi connectivity index (χ2n) is 4.66. The highest BCUT2D eigenvalue weighted by Gasteiger charge is 2.23. The second-order valence-corrected chi connectivity index (χ2v) is 5.57. The van der Waals surface area contributed by atoms with E-state index in [2.05, 4.69) is 33.8 Å². The van der Waals surface area contributed by atoms with Gasteiger partial charge in [0.15, 0.2) is 0 Å². The molecule has 1 aromatic rings. The van der Waals surface area contributed by atoms with Gasteiger partial charge in [-0.25, -0.2) is 0 Å². The average Bonchev–Trinajstić information content (AvgIpc) is 2.84. The Labute approximate surface area is 112 Å². The Morgan fingerprint density at radius 3 is 2.65 bits per heavy atom. The van der Waals surface area contributed by atoms with Crippen molar-refractivity contribution in [3.05, 3.63) is 28.2 Å². The fourth-order valence-electron chi connectivity index (χ4n) is 2.78. The molecule has 1 fully saturated rings. The van der Waals surface area contributed by atoms with Gasteiger partial charge in [-0.15, -0.1) is 0 Å². The van der Waals surface area contributed by atoms with Crippen LogP contribution in [0, 0.1) is 0 Å². The monoisotopic (exact) mass is 297 g/mol. The van der Waals surface area contributed by atoms with Gasteiger partial charge >= 0.3 is 0 Å². The molecule has 0 aromatic heterocycles. The third kappa shape index (κ3) is 2.83. The van der Waals surface area contributed by atoms with Gasteiger partial charge in [0.25, 0.3) is 0 Å². The maximum atomic E-state index is 9.45. The molecule has 17 heavy (non-hydrogen) atoms. The first-order valence-electron chi connectivity index (χ1n) is 6.42. The summed E-state index contributed by atoms with van der Waals surface area (Å²) in [7, 11) is 0. The number of nitrogens with zero attached hydrogens (tertiary/aromatic N) is 1. The summed E-state index contributed by atoms with van der Waals surface area (Å²) in [6.07, 6.45) is 5.24. The second kappa shape index (κ2) is 5.87. The fraction of sp³-hybridized carbons (Fsp3) is 0.571. The van der Waals surface area contributed by atoms with Gasteiger partial charge in [-0.2, -0.15) is 0 Å². The van der Waals surface area contributed by atoms with Crippen LogP contribution in [0.2, 0.25) is 0 Å². The molecule has 1 aromatic carbocycles. The van der Waals surface area contributed by atoms with E-state index in [-0.39, 0.29) is 6.61 Å². The van der Waals surface area contributed by atoms with Crippen molar-refractivity contribution in [3.63, 3.8) is 0 Å². The molecule has 2 rings (SSSR count).